The van der Waals surface area contributed by atoms with Gasteiger partial charge in [-0.05, 0) is 42.3 Å². The molecule has 194 valence electrons. The Hall–Kier alpha value is -4.47. The number of nitrogens with zero attached hydrogens (tertiary/aromatic N) is 3. The Kier molecular flexibility index (Phi) is 6.95. The predicted molar refractivity (Wildman–Crippen MR) is 134 cm³/mol. The molecule has 2 heterocycles. The van der Waals surface area contributed by atoms with Crippen molar-refractivity contribution >= 4 is 22.8 Å². The number of aromatic nitrogens is 2. The third kappa shape index (κ3) is 5.59. The molecule has 4 aromatic rings. The molecule has 0 radical (unpaired) electrons. The maximum absolute atomic E-state index is 13.4. The van der Waals surface area contributed by atoms with Crippen molar-refractivity contribution in [2.75, 3.05) is 13.1 Å². The molecule has 2 atom stereocenters. The van der Waals surface area contributed by atoms with Gasteiger partial charge in [-0.1, -0.05) is 42.5 Å². The van der Waals surface area contributed by atoms with E-state index in [-0.39, 0.29) is 17.4 Å². The highest BCUT2D eigenvalue weighted by Gasteiger charge is 2.36. The molecular formula is C28H23F3N4O3. The average Bonchev–Trinajstić information content (AvgIpc) is 2.92. The SMILES string of the molecule is O=C(N[C@@H]1CCN(C(=O)c2ccc3nccnc3c2)C[C@@H]1c1ccccc1)c1ccccc1OC(F)(F)F. The van der Waals surface area contributed by atoms with Crippen molar-refractivity contribution in [3.8, 4) is 5.75 Å². The molecule has 1 saturated heterocycles. The fourth-order valence-corrected chi connectivity index (χ4v) is 4.74. The minimum atomic E-state index is -4.93. The number of likely N-dealkylation sites (tertiary alicyclic amines) is 1. The number of benzene rings is 3. The first kappa shape index (κ1) is 25.2. The molecule has 1 fully saturated rings. The highest BCUT2D eigenvalue weighted by molar-refractivity contribution is 5.98. The first-order valence-electron chi connectivity index (χ1n) is 12.0. The Bertz CT molecular complexity index is 1460. The molecule has 2 amide bonds. The van der Waals surface area contributed by atoms with Crippen LogP contribution in [-0.4, -0.2) is 52.2 Å². The van der Waals surface area contributed by atoms with Crippen LogP contribution in [0.4, 0.5) is 13.2 Å². The van der Waals surface area contributed by atoms with Gasteiger partial charge in [0.2, 0.25) is 0 Å². The van der Waals surface area contributed by atoms with Crippen LogP contribution in [0, 0.1) is 0 Å². The maximum Gasteiger partial charge on any atom is 0.573 e. The molecule has 0 unspecified atom stereocenters. The van der Waals surface area contributed by atoms with E-state index in [0.717, 1.165) is 11.6 Å². The van der Waals surface area contributed by atoms with E-state index in [1.54, 1.807) is 35.5 Å². The molecule has 1 aromatic heterocycles. The Morgan fingerprint density at radius 2 is 1.63 bits per heavy atom. The lowest BCUT2D eigenvalue weighted by molar-refractivity contribution is -0.274. The van der Waals surface area contributed by atoms with Crippen LogP contribution in [0.2, 0.25) is 0 Å². The predicted octanol–water partition coefficient (Wildman–Crippen LogP) is 4.96. The number of nitrogens with one attached hydrogen (secondary N) is 1. The average molecular weight is 521 g/mol. The second-order valence-electron chi connectivity index (χ2n) is 8.94. The third-order valence-electron chi connectivity index (χ3n) is 6.52. The van der Waals surface area contributed by atoms with Crippen molar-refractivity contribution in [1.82, 2.24) is 20.2 Å². The molecule has 0 aliphatic carbocycles. The van der Waals surface area contributed by atoms with Gasteiger partial charge in [-0.15, -0.1) is 13.2 Å². The molecule has 3 aromatic carbocycles. The normalized spacial score (nSPS) is 17.7. The molecular weight excluding hydrogens is 497 g/mol. The Morgan fingerprint density at radius 1 is 0.921 bits per heavy atom. The summed E-state index contributed by atoms with van der Waals surface area (Å²) in [6.07, 6.45) is -1.37. The summed E-state index contributed by atoms with van der Waals surface area (Å²) >= 11 is 0. The molecule has 1 aliphatic rings. The maximum atomic E-state index is 13.4. The van der Waals surface area contributed by atoms with E-state index >= 15 is 0 Å². The fourth-order valence-electron chi connectivity index (χ4n) is 4.74. The van der Waals surface area contributed by atoms with Gasteiger partial charge in [0.05, 0.1) is 16.6 Å². The smallest absolute Gasteiger partial charge is 0.405 e. The zero-order chi connectivity index (χ0) is 26.7. The van der Waals surface area contributed by atoms with Crippen molar-refractivity contribution in [3.05, 3.63) is 102 Å². The summed E-state index contributed by atoms with van der Waals surface area (Å²) in [6, 6.07) is 19.4. The number of alkyl halides is 3. The largest absolute Gasteiger partial charge is 0.573 e. The van der Waals surface area contributed by atoms with Crippen LogP contribution >= 0.6 is 0 Å². The highest BCUT2D eigenvalue weighted by atomic mass is 19.4. The van der Waals surface area contributed by atoms with Gasteiger partial charge in [-0.25, -0.2) is 0 Å². The topological polar surface area (TPSA) is 84.4 Å². The molecule has 0 saturated carbocycles. The number of piperidine rings is 1. The number of rotatable bonds is 5. The lowest BCUT2D eigenvalue weighted by Gasteiger charge is -2.39. The number of hydrogen-bond acceptors (Lipinski definition) is 5. The molecule has 1 N–H and O–H groups in total. The second-order valence-corrected chi connectivity index (χ2v) is 8.94. The molecule has 5 rings (SSSR count). The lowest BCUT2D eigenvalue weighted by Crippen LogP contribution is -2.51. The van der Waals surface area contributed by atoms with Crippen molar-refractivity contribution in [2.45, 2.75) is 24.7 Å². The van der Waals surface area contributed by atoms with Crippen LogP contribution in [0.1, 0.15) is 38.6 Å². The van der Waals surface area contributed by atoms with E-state index in [2.05, 4.69) is 20.0 Å². The van der Waals surface area contributed by atoms with Gasteiger partial charge in [-0.3, -0.25) is 19.6 Å². The highest BCUT2D eigenvalue weighted by Crippen LogP contribution is 2.31. The van der Waals surface area contributed by atoms with E-state index in [9.17, 15) is 22.8 Å². The number of amides is 2. The zero-order valence-corrected chi connectivity index (χ0v) is 20.1. The zero-order valence-electron chi connectivity index (χ0n) is 20.1. The van der Waals surface area contributed by atoms with Gasteiger partial charge < -0.3 is 15.0 Å². The summed E-state index contributed by atoms with van der Waals surface area (Å²) in [5.74, 6) is -1.70. The number of hydrogen-bond donors (Lipinski definition) is 1. The van der Waals surface area contributed by atoms with Crippen molar-refractivity contribution in [2.24, 2.45) is 0 Å². The minimum Gasteiger partial charge on any atom is -0.405 e. The van der Waals surface area contributed by atoms with Gasteiger partial charge in [0.1, 0.15) is 5.75 Å². The van der Waals surface area contributed by atoms with E-state index in [0.29, 0.717) is 36.1 Å². The van der Waals surface area contributed by atoms with Gasteiger partial charge in [0.15, 0.2) is 0 Å². The first-order valence-corrected chi connectivity index (χ1v) is 12.0. The Morgan fingerprint density at radius 3 is 2.39 bits per heavy atom. The van der Waals surface area contributed by atoms with E-state index < -0.39 is 24.1 Å². The number of para-hydroxylation sites is 1. The number of carbonyl (C=O) groups excluding carboxylic acids is 2. The van der Waals surface area contributed by atoms with Crippen molar-refractivity contribution in [1.29, 1.82) is 0 Å². The summed E-state index contributed by atoms with van der Waals surface area (Å²) in [5.41, 5.74) is 2.46. The number of ether oxygens (including phenoxy) is 1. The second kappa shape index (κ2) is 10.5. The molecule has 1 aliphatic heterocycles. The van der Waals surface area contributed by atoms with Crippen LogP contribution < -0.4 is 10.1 Å². The van der Waals surface area contributed by atoms with Crippen molar-refractivity contribution < 1.29 is 27.5 Å². The van der Waals surface area contributed by atoms with Gasteiger partial charge in [-0.2, -0.15) is 0 Å². The molecule has 0 bridgehead atoms. The van der Waals surface area contributed by atoms with Gasteiger partial charge in [0.25, 0.3) is 11.8 Å². The minimum absolute atomic E-state index is 0.174. The number of carbonyl (C=O) groups is 2. The molecule has 10 heteroatoms. The summed E-state index contributed by atoms with van der Waals surface area (Å²) < 4.78 is 42.7. The molecule has 7 nitrogen and oxygen atoms in total. The van der Waals surface area contributed by atoms with E-state index in [1.165, 1.54) is 18.2 Å². The molecule has 38 heavy (non-hydrogen) atoms. The summed E-state index contributed by atoms with van der Waals surface area (Å²) in [6.45, 7) is 0.666. The van der Waals surface area contributed by atoms with E-state index in [4.69, 9.17) is 0 Å². The number of halogens is 3. The quantitative estimate of drug-likeness (QED) is 0.402. The summed E-state index contributed by atoms with van der Waals surface area (Å²) in [5, 5.41) is 2.89. The Balaban J connectivity index is 1.38. The first-order chi connectivity index (χ1) is 18.3. The standard InChI is InChI=1S/C28H23F3N4O3/c29-28(30,31)38-25-9-5-4-8-20(25)26(36)34-22-12-15-35(17-21(22)18-6-2-1-3-7-18)27(37)19-10-11-23-24(16-19)33-14-13-32-23/h1-11,13-14,16,21-22H,12,15,17H2,(H,34,36)/t21-,22-/m1/s1. The van der Waals surface area contributed by atoms with Crippen LogP contribution in [0.3, 0.4) is 0 Å². The summed E-state index contributed by atoms with van der Waals surface area (Å²) in [4.78, 5) is 36.8. The van der Waals surface area contributed by atoms with Gasteiger partial charge in [0, 0.05) is 43.0 Å². The monoisotopic (exact) mass is 520 g/mol. The molecule has 0 spiro atoms. The van der Waals surface area contributed by atoms with Crippen LogP contribution in [-0.2, 0) is 0 Å². The van der Waals surface area contributed by atoms with Crippen LogP contribution in [0.15, 0.2) is 85.2 Å². The number of fused-ring (bicyclic) bond motifs is 1. The van der Waals surface area contributed by atoms with Crippen LogP contribution in [0.5, 0.6) is 5.75 Å². The van der Waals surface area contributed by atoms with Crippen LogP contribution in [0.25, 0.3) is 11.0 Å². The van der Waals surface area contributed by atoms with Gasteiger partial charge >= 0.3 is 6.36 Å². The summed E-state index contributed by atoms with van der Waals surface area (Å²) in [7, 11) is 0. The van der Waals surface area contributed by atoms with E-state index in [1.807, 2.05) is 30.3 Å². The fraction of sp³-hybridized carbons (Fsp3) is 0.214. The Labute approximate surface area is 216 Å². The van der Waals surface area contributed by atoms with Crippen molar-refractivity contribution in [3.63, 3.8) is 0 Å². The third-order valence-corrected chi connectivity index (χ3v) is 6.52. The lowest BCUT2D eigenvalue weighted by atomic mass is 9.85.